The van der Waals surface area contributed by atoms with Gasteiger partial charge in [0.2, 0.25) is 0 Å². The van der Waals surface area contributed by atoms with E-state index < -0.39 is 0 Å². The van der Waals surface area contributed by atoms with Crippen LogP contribution in [0.4, 0.5) is 0 Å². The van der Waals surface area contributed by atoms with Crippen LogP contribution < -0.4 is 11.3 Å². The molecule has 2 rings (SSSR count). The third-order valence-electron chi connectivity index (χ3n) is 3.30. The van der Waals surface area contributed by atoms with Gasteiger partial charge in [-0.1, -0.05) is 0 Å². The molecule has 6 nitrogen and oxygen atoms in total. The van der Waals surface area contributed by atoms with E-state index in [0.717, 1.165) is 24.2 Å². The molecule has 0 aliphatic rings. The van der Waals surface area contributed by atoms with Gasteiger partial charge in [-0.2, -0.15) is 10.2 Å². The summed E-state index contributed by atoms with van der Waals surface area (Å²) in [5.74, 6) is 5.66. The van der Waals surface area contributed by atoms with E-state index in [0.29, 0.717) is 0 Å². The lowest BCUT2D eigenvalue weighted by atomic mass is 10.0. The topological polar surface area (TPSA) is 73.7 Å². The van der Waals surface area contributed by atoms with Crippen molar-refractivity contribution in [1.29, 1.82) is 0 Å². The Morgan fingerprint density at radius 3 is 2.67 bits per heavy atom. The number of nitrogens with zero attached hydrogens (tertiary/aromatic N) is 4. The number of nitrogens with one attached hydrogen (secondary N) is 1. The fraction of sp³-hybridized carbons (Fsp3) is 0.500. The van der Waals surface area contributed by atoms with Gasteiger partial charge in [0, 0.05) is 31.0 Å². The molecule has 2 aromatic rings. The van der Waals surface area contributed by atoms with Crippen LogP contribution in [-0.4, -0.2) is 19.6 Å². The fourth-order valence-electron chi connectivity index (χ4n) is 2.04. The van der Waals surface area contributed by atoms with Crippen LogP contribution in [0.25, 0.3) is 0 Å². The van der Waals surface area contributed by atoms with Crippen molar-refractivity contribution in [3.8, 4) is 0 Å². The molecule has 0 spiro atoms. The zero-order valence-electron chi connectivity index (χ0n) is 11.1. The Labute approximate surface area is 107 Å². The average molecular weight is 248 g/mol. The number of aryl methyl sites for hydroxylation is 2. The molecular weight excluding hydrogens is 228 g/mol. The number of hydrogen-bond acceptors (Lipinski definition) is 4. The first-order valence-electron chi connectivity index (χ1n) is 6.11. The maximum atomic E-state index is 5.66. The maximum Gasteiger partial charge on any atom is 0.0540 e. The summed E-state index contributed by atoms with van der Waals surface area (Å²) in [5, 5.41) is 8.52. The van der Waals surface area contributed by atoms with E-state index in [2.05, 4.69) is 28.7 Å². The van der Waals surface area contributed by atoms with Gasteiger partial charge in [-0.15, -0.1) is 0 Å². The van der Waals surface area contributed by atoms with Crippen LogP contribution in [0, 0.1) is 6.92 Å². The van der Waals surface area contributed by atoms with Crippen molar-refractivity contribution in [2.75, 3.05) is 0 Å². The zero-order valence-corrected chi connectivity index (χ0v) is 11.1. The first-order chi connectivity index (χ1) is 8.65. The SMILES string of the molecule is CCn1cc(CC(NN)c2cnn(C)c2C)cn1. The lowest BCUT2D eigenvalue weighted by Crippen LogP contribution is -2.29. The molecule has 0 aliphatic heterocycles. The quantitative estimate of drug-likeness (QED) is 0.603. The van der Waals surface area contributed by atoms with Gasteiger partial charge in [0.1, 0.15) is 0 Å². The summed E-state index contributed by atoms with van der Waals surface area (Å²) in [6, 6.07) is 0.0632. The Bertz CT molecular complexity index is 512. The monoisotopic (exact) mass is 248 g/mol. The van der Waals surface area contributed by atoms with Crippen LogP contribution in [-0.2, 0) is 20.0 Å². The van der Waals surface area contributed by atoms with Gasteiger partial charge in [-0.05, 0) is 25.8 Å². The fourth-order valence-corrected chi connectivity index (χ4v) is 2.04. The van der Waals surface area contributed by atoms with Crippen LogP contribution >= 0.6 is 0 Å². The minimum absolute atomic E-state index is 0.0632. The number of hydrazine groups is 1. The third-order valence-corrected chi connectivity index (χ3v) is 3.30. The third kappa shape index (κ3) is 2.44. The number of nitrogens with two attached hydrogens (primary N) is 1. The second-order valence-corrected chi connectivity index (χ2v) is 4.44. The minimum Gasteiger partial charge on any atom is -0.273 e. The Hall–Kier alpha value is -1.66. The second-order valence-electron chi connectivity index (χ2n) is 4.44. The zero-order chi connectivity index (χ0) is 13.1. The van der Waals surface area contributed by atoms with E-state index in [1.54, 1.807) is 0 Å². The van der Waals surface area contributed by atoms with E-state index in [4.69, 9.17) is 5.84 Å². The first kappa shape index (κ1) is 12.8. The predicted octanol–water partition coefficient (Wildman–Crippen LogP) is 0.692. The smallest absolute Gasteiger partial charge is 0.0540 e. The van der Waals surface area contributed by atoms with Crippen LogP contribution in [0.3, 0.4) is 0 Å². The van der Waals surface area contributed by atoms with Crippen molar-refractivity contribution in [3.63, 3.8) is 0 Å². The molecule has 0 saturated carbocycles. The summed E-state index contributed by atoms with van der Waals surface area (Å²) >= 11 is 0. The predicted molar refractivity (Wildman–Crippen MR) is 69.6 cm³/mol. The molecule has 0 aromatic carbocycles. The molecule has 0 saturated heterocycles. The van der Waals surface area contributed by atoms with Gasteiger partial charge in [0.05, 0.1) is 18.4 Å². The standard InChI is InChI=1S/C12H20N6/c1-4-18-8-10(6-15-18)5-12(16-13)11-7-14-17(3)9(11)2/h6-8,12,16H,4-5,13H2,1-3H3. The second kappa shape index (κ2) is 5.32. The van der Waals surface area contributed by atoms with Crippen LogP contribution in [0.1, 0.15) is 29.8 Å². The van der Waals surface area contributed by atoms with Crippen molar-refractivity contribution in [2.45, 2.75) is 32.9 Å². The van der Waals surface area contributed by atoms with Crippen LogP contribution in [0.15, 0.2) is 18.6 Å². The number of aromatic nitrogens is 4. The summed E-state index contributed by atoms with van der Waals surface area (Å²) in [4.78, 5) is 0. The molecule has 2 heterocycles. The van der Waals surface area contributed by atoms with Crippen LogP contribution in [0.2, 0.25) is 0 Å². The van der Waals surface area contributed by atoms with E-state index in [1.807, 2.05) is 35.7 Å². The van der Waals surface area contributed by atoms with Crippen molar-refractivity contribution in [3.05, 3.63) is 35.4 Å². The average Bonchev–Trinajstić information content (AvgIpc) is 2.96. The summed E-state index contributed by atoms with van der Waals surface area (Å²) in [5.41, 5.74) is 6.28. The largest absolute Gasteiger partial charge is 0.273 e. The van der Waals surface area contributed by atoms with Gasteiger partial charge in [-0.3, -0.25) is 20.6 Å². The Morgan fingerprint density at radius 2 is 2.17 bits per heavy atom. The lowest BCUT2D eigenvalue weighted by Gasteiger charge is -2.14. The van der Waals surface area contributed by atoms with Crippen LogP contribution in [0.5, 0.6) is 0 Å². The molecule has 0 amide bonds. The van der Waals surface area contributed by atoms with Gasteiger partial charge in [0.15, 0.2) is 0 Å². The molecular formula is C12H20N6. The van der Waals surface area contributed by atoms with Gasteiger partial charge in [-0.25, -0.2) is 0 Å². The van der Waals surface area contributed by atoms with Crippen molar-refractivity contribution >= 4 is 0 Å². The summed E-state index contributed by atoms with van der Waals surface area (Å²) in [7, 11) is 1.93. The highest BCUT2D eigenvalue weighted by Crippen LogP contribution is 2.20. The number of hydrogen-bond donors (Lipinski definition) is 2. The van der Waals surface area contributed by atoms with E-state index >= 15 is 0 Å². The summed E-state index contributed by atoms with van der Waals surface area (Å²) in [6.07, 6.45) is 6.61. The van der Waals surface area contributed by atoms with Gasteiger partial charge >= 0.3 is 0 Å². The summed E-state index contributed by atoms with van der Waals surface area (Å²) < 4.78 is 3.77. The van der Waals surface area contributed by atoms with E-state index in [1.165, 1.54) is 5.56 Å². The highest BCUT2D eigenvalue weighted by atomic mass is 15.3. The van der Waals surface area contributed by atoms with Gasteiger partial charge < -0.3 is 0 Å². The Kier molecular flexibility index (Phi) is 3.78. The molecule has 6 heteroatoms. The highest BCUT2D eigenvalue weighted by Gasteiger charge is 2.16. The maximum absolute atomic E-state index is 5.66. The first-order valence-corrected chi connectivity index (χ1v) is 6.11. The highest BCUT2D eigenvalue weighted by molar-refractivity contribution is 5.23. The Balaban J connectivity index is 2.16. The van der Waals surface area contributed by atoms with Crippen molar-refractivity contribution in [1.82, 2.24) is 25.0 Å². The molecule has 1 atom stereocenters. The molecule has 2 aromatic heterocycles. The van der Waals surface area contributed by atoms with Crippen molar-refractivity contribution in [2.24, 2.45) is 12.9 Å². The molecule has 18 heavy (non-hydrogen) atoms. The number of rotatable bonds is 5. The molecule has 1 unspecified atom stereocenters. The van der Waals surface area contributed by atoms with E-state index in [-0.39, 0.29) is 6.04 Å². The van der Waals surface area contributed by atoms with Gasteiger partial charge in [0.25, 0.3) is 0 Å². The van der Waals surface area contributed by atoms with Crippen molar-refractivity contribution < 1.29 is 0 Å². The molecule has 0 fully saturated rings. The minimum atomic E-state index is 0.0632. The Morgan fingerprint density at radius 1 is 1.39 bits per heavy atom. The normalized spacial score (nSPS) is 12.9. The molecule has 0 bridgehead atoms. The molecule has 3 N–H and O–H groups in total. The summed E-state index contributed by atoms with van der Waals surface area (Å²) in [6.45, 7) is 5.00. The van der Waals surface area contributed by atoms with E-state index in [9.17, 15) is 0 Å². The molecule has 0 aliphatic carbocycles. The molecule has 98 valence electrons. The lowest BCUT2D eigenvalue weighted by molar-refractivity contribution is 0.547. The molecule has 0 radical (unpaired) electrons.